The standard InChI is InChI=1S/C12H18N2O2/c1-10-3-5-13-11(9-10)14-6-4-12(2)15-7-8-16-12/h3,5,9H,4,6-8H2,1-2H3,(H,13,14). The smallest absolute Gasteiger partial charge is 0.167 e. The monoisotopic (exact) mass is 222 g/mol. The second-order valence-corrected chi connectivity index (χ2v) is 4.23. The fraction of sp³-hybridized carbons (Fsp3) is 0.583. The summed E-state index contributed by atoms with van der Waals surface area (Å²) in [6.45, 7) is 6.22. The van der Waals surface area contributed by atoms with Gasteiger partial charge < -0.3 is 14.8 Å². The summed E-state index contributed by atoms with van der Waals surface area (Å²) in [6.07, 6.45) is 2.63. The van der Waals surface area contributed by atoms with E-state index >= 15 is 0 Å². The average Bonchev–Trinajstić information content (AvgIpc) is 2.65. The van der Waals surface area contributed by atoms with E-state index in [1.54, 1.807) is 0 Å². The van der Waals surface area contributed by atoms with E-state index in [1.807, 2.05) is 25.3 Å². The summed E-state index contributed by atoms with van der Waals surface area (Å²) in [4.78, 5) is 4.23. The van der Waals surface area contributed by atoms with Crippen molar-refractivity contribution >= 4 is 5.82 Å². The van der Waals surface area contributed by atoms with Crippen molar-refractivity contribution in [1.29, 1.82) is 0 Å². The number of anilines is 1. The Morgan fingerprint density at radius 3 is 2.88 bits per heavy atom. The van der Waals surface area contributed by atoms with Gasteiger partial charge in [0.1, 0.15) is 5.82 Å². The zero-order chi connectivity index (χ0) is 11.4. The number of rotatable bonds is 4. The Morgan fingerprint density at radius 2 is 2.19 bits per heavy atom. The maximum Gasteiger partial charge on any atom is 0.167 e. The van der Waals surface area contributed by atoms with Gasteiger partial charge in [-0.3, -0.25) is 0 Å². The lowest BCUT2D eigenvalue weighted by atomic mass is 10.2. The van der Waals surface area contributed by atoms with Crippen LogP contribution in [0.1, 0.15) is 18.9 Å². The summed E-state index contributed by atoms with van der Waals surface area (Å²) in [5, 5.41) is 3.27. The molecule has 0 atom stereocenters. The van der Waals surface area contributed by atoms with Crippen LogP contribution >= 0.6 is 0 Å². The van der Waals surface area contributed by atoms with Crippen LogP contribution in [0.5, 0.6) is 0 Å². The zero-order valence-electron chi connectivity index (χ0n) is 9.82. The molecule has 1 aromatic heterocycles. The summed E-state index contributed by atoms with van der Waals surface area (Å²) >= 11 is 0. The van der Waals surface area contributed by atoms with Crippen LogP contribution in [-0.2, 0) is 9.47 Å². The first-order valence-corrected chi connectivity index (χ1v) is 5.62. The number of ether oxygens (including phenoxy) is 2. The molecular weight excluding hydrogens is 204 g/mol. The fourth-order valence-corrected chi connectivity index (χ4v) is 1.75. The van der Waals surface area contributed by atoms with Crippen LogP contribution in [0.4, 0.5) is 5.82 Å². The van der Waals surface area contributed by atoms with Crippen molar-refractivity contribution in [1.82, 2.24) is 4.98 Å². The molecule has 16 heavy (non-hydrogen) atoms. The predicted molar refractivity (Wildman–Crippen MR) is 62.4 cm³/mol. The highest BCUT2D eigenvalue weighted by Crippen LogP contribution is 2.22. The Morgan fingerprint density at radius 1 is 1.44 bits per heavy atom. The highest BCUT2D eigenvalue weighted by molar-refractivity contribution is 5.36. The van der Waals surface area contributed by atoms with Gasteiger partial charge in [0.15, 0.2) is 5.79 Å². The van der Waals surface area contributed by atoms with Crippen molar-refractivity contribution < 1.29 is 9.47 Å². The molecule has 2 rings (SSSR count). The van der Waals surface area contributed by atoms with Crippen LogP contribution in [0, 0.1) is 6.92 Å². The molecular formula is C12H18N2O2. The van der Waals surface area contributed by atoms with Crippen LogP contribution in [0.2, 0.25) is 0 Å². The number of aromatic nitrogens is 1. The molecule has 0 unspecified atom stereocenters. The van der Waals surface area contributed by atoms with E-state index in [2.05, 4.69) is 17.2 Å². The average molecular weight is 222 g/mol. The molecule has 0 saturated carbocycles. The lowest BCUT2D eigenvalue weighted by Crippen LogP contribution is -2.28. The lowest BCUT2D eigenvalue weighted by molar-refractivity contribution is -0.144. The fourth-order valence-electron chi connectivity index (χ4n) is 1.75. The minimum Gasteiger partial charge on any atom is -0.370 e. The second-order valence-electron chi connectivity index (χ2n) is 4.23. The molecule has 88 valence electrons. The third kappa shape index (κ3) is 2.93. The van der Waals surface area contributed by atoms with E-state index in [0.717, 1.165) is 18.8 Å². The quantitative estimate of drug-likeness (QED) is 0.845. The molecule has 1 N–H and O–H groups in total. The van der Waals surface area contributed by atoms with Crippen molar-refractivity contribution in [3.8, 4) is 0 Å². The molecule has 1 aliphatic rings. The third-order valence-corrected chi connectivity index (χ3v) is 2.70. The summed E-state index contributed by atoms with van der Waals surface area (Å²) in [5.74, 6) is 0.484. The topological polar surface area (TPSA) is 43.4 Å². The van der Waals surface area contributed by atoms with E-state index < -0.39 is 5.79 Å². The summed E-state index contributed by atoms with van der Waals surface area (Å²) in [6, 6.07) is 4.01. The normalized spacial score (nSPS) is 18.6. The molecule has 0 bridgehead atoms. The number of nitrogens with one attached hydrogen (secondary N) is 1. The van der Waals surface area contributed by atoms with Gasteiger partial charge in [-0.25, -0.2) is 4.98 Å². The summed E-state index contributed by atoms with van der Waals surface area (Å²) < 4.78 is 11.0. The molecule has 1 aromatic rings. The van der Waals surface area contributed by atoms with Crippen LogP contribution in [0.3, 0.4) is 0 Å². The van der Waals surface area contributed by atoms with E-state index in [-0.39, 0.29) is 0 Å². The van der Waals surface area contributed by atoms with E-state index in [0.29, 0.717) is 13.2 Å². The van der Waals surface area contributed by atoms with Gasteiger partial charge in [0, 0.05) is 19.2 Å². The molecule has 1 aliphatic heterocycles. The minimum atomic E-state index is -0.420. The van der Waals surface area contributed by atoms with Crippen molar-refractivity contribution in [3.05, 3.63) is 23.9 Å². The first kappa shape index (κ1) is 11.4. The molecule has 0 spiro atoms. The highest BCUT2D eigenvalue weighted by atomic mass is 16.7. The summed E-state index contributed by atoms with van der Waals surface area (Å²) in [5.41, 5.74) is 1.21. The van der Waals surface area contributed by atoms with Gasteiger partial charge in [0.05, 0.1) is 13.2 Å². The van der Waals surface area contributed by atoms with Crippen LogP contribution < -0.4 is 5.32 Å². The Kier molecular flexibility index (Phi) is 3.41. The Balaban J connectivity index is 1.79. The first-order valence-electron chi connectivity index (χ1n) is 5.62. The van der Waals surface area contributed by atoms with E-state index in [1.165, 1.54) is 5.56 Å². The molecule has 4 nitrogen and oxygen atoms in total. The molecule has 2 heterocycles. The molecule has 4 heteroatoms. The van der Waals surface area contributed by atoms with E-state index in [4.69, 9.17) is 9.47 Å². The lowest BCUT2D eigenvalue weighted by Gasteiger charge is -2.22. The van der Waals surface area contributed by atoms with E-state index in [9.17, 15) is 0 Å². The van der Waals surface area contributed by atoms with Gasteiger partial charge in [-0.05, 0) is 31.5 Å². The van der Waals surface area contributed by atoms with Gasteiger partial charge in [0.25, 0.3) is 0 Å². The van der Waals surface area contributed by atoms with Gasteiger partial charge >= 0.3 is 0 Å². The van der Waals surface area contributed by atoms with Crippen LogP contribution in [-0.4, -0.2) is 30.5 Å². The molecule has 0 aliphatic carbocycles. The van der Waals surface area contributed by atoms with Crippen molar-refractivity contribution in [2.75, 3.05) is 25.1 Å². The molecule has 0 radical (unpaired) electrons. The number of aryl methyl sites for hydroxylation is 1. The molecule has 1 saturated heterocycles. The van der Waals surface area contributed by atoms with Crippen molar-refractivity contribution in [2.45, 2.75) is 26.1 Å². The van der Waals surface area contributed by atoms with Crippen LogP contribution in [0.15, 0.2) is 18.3 Å². The number of hydrogen-bond donors (Lipinski definition) is 1. The minimum absolute atomic E-state index is 0.420. The Hall–Kier alpha value is -1.13. The van der Waals surface area contributed by atoms with Crippen LogP contribution in [0.25, 0.3) is 0 Å². The Labute approximate surface area is 96.0 Å². The van der Waals surface area contributed by atoms with Gasteiger partial charge in [-0.15, -0.1) is 0 Å². The van der Waals surface area contributed by atoms with Gasteiger partial charge in [0.2, 0.25) is 0 Å². The molecule has 0 amide bonds. The van der Waals surface area contributed by atoms with Crippen molar-refractivity contribution in [2.24, 2.45) is 0 Å². The van der Waals surface area contributed by atoms with Crippen molar-refractivity contribution in [3.63, 3.8) is 0 Å². The van der Waals surface area contributed by atoms with Gasteiger partial charge in [-0.1, -0.05) is 0 Å². The highest BCUT2D eigenvalue weighted by Gasteiger charge is 2.30. The summed E-state index contributed by atoms with van der Waals surface area (Å²) in [7, 11) is 0. The first-order chi connectivity index (χ1) is 7.68. The number of nitrogens with zero attached hydrogens (tertiary/aromatic N) is 1. The second kappa shape index (κ2) is 4.80. The largest absolute Gasteiger partial charge is 0.370 e. The zero-order valence-corrected chi connectivity index (χ0v) is 9.82. The maximum absolute atomic E-state index is 5.52. The predicted octanol–water partition coefficient (Wildman–Crippen LogP) is 1.96. The number of hydrogen-bond acceptors (Lipinski definition) is 4. The third-order valence-electron chi connectivity index (χ3n) is 2.70. The SMILES string of the molecule is Cc1ccnc(NCCC2(C)OCCO2)c1. The van der Waals surface area contributed by atoms with Gasteiger partial charge in [-0.2, -0.15) is 0 Å². The molecule has 1 fully saturated rings. The Bertz CT molecular complexity index is 349. The maximum atomic E-state index is 5.52. The molecule has 0 aromatic carbocycles. The number of pyridine rings is 1.